The number of carbonyl (C=O) groups excluding carboxylic acids is 1. The molecule has 5 nitrogen and oxygen atoms in total. The zero-order chi connectivity index (χ0) is 20.1. The van der Waals surface area contributed by atoms with Gasteiger partial charge < -0.3 is 9.47 Å². The summed E-state index contributed by atoms with van der Waals surface area (Å²) in [5.74, 6) is 0.684. The van der Waals surface area contributed by atoms with Crippen molar-refractivity contribution in [3.63, 3.8) is 0 Å². The van der Waals surface area contributed by atoms with Crippen molar-refractivity contribution in [2.24, 2.45) is 5.92 Å². The second-order valence-corrected chi connectivity index (χ2v) is 7.45. The van der Waals surface area contributed by atoms with Crippen LogP contribution in [0.15, 0.2) is 42.6 Å². The van der Waals surface area contributed by atoms with Crippen molar-refractivity contribution >= 4 is 17.1 Å². The van der Waals surface area contributed by atoms with Gasteiger partial charge in [-0.15, -0.1) is 0 Å². The summed E-state index contributed by atoms with van der Waals surface area (Å²) in [6, 6.07) is 9.67. The van der Waals surface area contributed by atoms with Gasteiger partial charge in [0.1, 0.15) is 17.2 Å². The van der Waals surface area contributed by atoms with Crippen LogP contribution >= 0.6 is 0 Å². The highest BCUT2D eigenvalue weighted by Crippen LogP contribution is 2.18. The molecule has 1 aromatic carbocycles. The molecule has 0 atom stereocenters. The molecule has 0 saturated carbocycles. The first-order valence-corrected chi connectivity index (χ1v) is 9.84. The molecule has 2 aromatic heterocycles. The van der Waals surface area contributed by atoms with Crippen molar-refractivity contribution in [1.29, 1.82) is 0 Å². The van der Waals surface area contributed by atoms with E-state index in [-0.39, 0.29) is 5.91 Å². The molecule has 0 radical (unpaired) electrons. The molecular weight excluding hydrogens is 355 g/mol. The van der Waals surface area contributed by atoms with E-state index in [1.54, 1.807) is 23.2 Å². The van der Waals surface area contributed by atoms with Crippen LogP contribution in [0.25, 0.3) is 11.2 Å². The molecule has 1 amide bonds. The zero-order valence-corrected chi connectivity index (χ0v) is 16.7. The SMILES string of the molecule is CCCn1c(CN(CCC(C)C)C(=O)c2cccc(F)c2)nc2cccnc21. The Balaban J connectivity index is 1.94. The summed E-state index contributed by atoms with van der Waals surface area (Å²) in [6.07, 6.45) is 3.57. The lowest BCUT2D eigenvalue weighted by atomic mass is 10.1. The molecule has 0 unspecified atom stereocenters. The van der Waals surface area contributed by atoms with E-state index in [0.29, 0.717) is 24.6 Å². The largest absolute Gasteiger partial charge is 0.331 e. The fraction of sp³-hybridized carbons (Fsp3) is 0.409. The monoisotopic (exact) mass is 382 g/mol. The molecule has 148 valence electrons. The third kappa shape index (κ3) is 4.55. The van der Waals surface area contributed by atoms with Gasteiger partial charge in [0, 0.05) is 24.8 Å². The number of fused-ring (bicyclic) bond motifs is 1. The molecule has 0 bridgehead atoms. The molecule has 3 aromatic rings. The van der Waals surface area contributed by atoms with Gasteiger partial charge in [0.15, 0.2) is 5.65 Å². The lowest BCUT2D eigenvalue weighted by molar-refractivity contribution is 0.0729. The number of rotatable bonds is 8. The van der Waals surface area contributed by atoms with Crippen molar-refractivity contribution < 1.29 is 9.18 Å². The first kappa shape index (κ1) is 20.0. The van der Waals surface area contributed by atoms with Crippen molar-refractivity contribution in [3.05, 3.63) is 59.8 Å². The highest BCUT2D eigenvalue weighted by molar-refractivity contribution is 5.94. The first-order chi connectivity index (χ1) is 13.5. The average molecular weight is 382 g/mol. The number of halogens is 1. The summed E-state index contributed by atoms with van der Waals surface area (Å²) in [5.41, 5.74) is 2.02. The Morgan fingerprint density at radius 3 is 2.79 bits per heavy atom. The number of pyridine rings is 1. The lowest BCUT2D eigenvalue weighted by Gasteiger charge is -2.24. The first-order valence-electron chi connectivity index (χ1n) is 9.84. The van der Waals surface area contributed by atoms with Crippen LogP contribution in [0.5, 0.6) is 0 Å². The third-order valence-electron chi connectivity index (χ3n) is 4.70. The minimum Gasteiger partial charge on any atom is -0.331 e. The van der Waals surface area contributed by atoms with Crippen LogP contribution < -0.4 is 0 Å². The molecule has 0 spiro atoms. The lowest BCUT2D eigenvalue weighted by Crippen LogP contribution is -2.33. The van der Waals surface area contributed by atoms with Gasteiger partial charge in [-0.3, -0.25) is 4.79 Å². The number of hydrogen-bond acceptors (Lipinski definition) is 3. The van der Waals surface area contributed by atoms with E-state index in [4.69, 9.17) is 4.98 Å². The number of aryl methyl sites for hydroxylation is 1. The smallest absolute Gasteiger partial charge is 0.254 e. The molecule has 0 aliphatic rings. The number of carbonyl (C=O) groups is 1. The molecule has 0 aliphatic carbocycles. The maximum Gasteiger partial charge on any atom is 0.254 e. The van der Waals surface area contributed by atoms with Crippen molar-refractivity contribution in [1.82, 2.24) is 19.4 Å². The van der Waals surface area contributed by atoms with Crippen LogP contribution in [0, 0.1) is 11.7 Å². The summed E-state index contributed by atoms with van der Waals surface area (Å²) in [6.45, 7) is 8.11. The van der Waals surface area contributed by atoms with Gasteiger partial charge in [0.05, 0.1) is 6.54 Å². The van der Waals surface area contributed by atoms with Gasteiger partial charge >= 0.3 is 0 Å². The molecule has 0 aliphatic heterocycles. The molecule has 3 rings (SSSR count). The standard InChI is InChI=1S/C22H27FN4O/c1-4-12-27-20(25-19-9-6-11-24-21(19)27)15-26(13-10-16(2)3)22(28)17-7-5-8-18(23)14-17/h5-9,11,14,16H,4,10,12-13,15H2,1-3H3. The average Bonchev–Trinajstić information content (AvgIpc) is 3.02. The van der Waals surface area contributed by atoms with Gasteiger partial charge in [-0.05, 0) is 49.1 Å². The minimum atomic E-state index is -0.405. The highest BCUT2D eigenvalue weighted by atomic mass is 19.1. The number of hydrogen-bond donors (Lipinski definition) is 0. The number of imidazole rings is 1. The third-order valence-corrected chi connectivity index (χ3v) is 4.70. The number of aromatic nitrogens is 3. The molecule has 0 saturated heterocycles. The van der Waals surface area contributed by atoms with Crippen molar-refractivity contribution in [3.8, 4) is 0 Å². The van der Waals surface area contributed by atoms with Crippen LogP contribution in [0.3, 0.4) is 0 Å². The fourth-order valence-electron chi connectivity index (χ4n) is 3.23. The quantitative estimate of drug-likeness (QED) is 0.569. The summed E-state index contributed by atoms with van der Waals surface area (Å²) in [7, 11) is 0. The Morgan fingerprint density at radius 1 is 1.25 bits per heavy atom. The van der Waals surface area contributed by atoms with Crippen LogP contribution in [0.2, 0.25) is 0 Å². The van der Waals surface area contributed by atoms with Crippen LogP contribution in [0.4, 0.5) is 4.39 Å². The molecule has 28 heavy (non-hydrogen) atoms. The number of benzene rings is 1. The van der Waals surface area contributed by atoms with Gasteiger partial charge in [-0.1, -0.05) is 26.8 Å². The highest BCUT2D eigenvalue weighted by Gasteiger charge is 2.21. The van der Waals surface area contributed by atoms with E-state index in [2.05, 4.69) is 30.3 Å². The van der Waals surface area contributed by atoms with E-state index in [9.17, 15) is 9.18 Å². The fourth-order valence-corrected chi connectivity index (χ4v) is 3.23. The summed E-state index contributed by atoms with van der Waals surface area (Å²) >= 11 is 0. The summed E-state index contributed by atoms with van der Waals surface area (Å²) in [5, 5.41) is 0. The zero-order valence-electron chi connectivity index (χ0n) is 16.7. The minimum absolute atomic E-state index is 0.178. The Bertz CT molecular complexity index is 951. The van der Waals surface area contributed by atoms with Crippen LogP contribution in [-0.2, 0) is 13.1 Å². The molecule has 2 heterocycles. The normalized spacial score (nSPS) is 11.3. The Hall–Kier alpha value is -2.76. The Morgan fingerprint density at radius 2 is 2.07 bits per heavy atom. The van der Waals surface area contributed by atoms with Crippen LogP contribution in [-0.4, -0.2) is 31.9 Å². The predicted octanol–water partition coefficient (Wildman–Crippen LogP) is 4.67. The van der Waals surface area contributed by atoms with Gasteiger partial charge in [-0.25, -0.2) is 14.4 Å². The Labute approximate surface area is 165 Å². The van der Waals surface area contributed by atoms with Gasteiger partial charge in [-0.2, -0.15) is 0 Å². The van der Waals surface area contributed by atoms with E-state index >= 15 is 0 Å². The van der Waals surface area contributed by atoms with Crippen molar-refractivity contribution in [2.45, 2.75) is 46.7 Å². The number of amides is 1. The molecular formula is C22H27FN4O. The second-order valence-electron chi connectivity index (χ2n) is 7.45. The van der Waals surface area contributed by atoms with Crippen molar-refractivity contribution in [2.75, 3.05) is 6.54 Å². The topological polar surface area (TPSA) is 51.0 Å². The van der Waals surface area contributed by atoms with E-state index in [1.165, 1.54) is 12.1 Å². The van der Waals surface area contributed by atoms with Gasteiger partial charge in [0.2, 0.25) is 0 Å². The van der Waals surface area contributed by atoms with Crippen LogP contribution in [0.1, 0.15) is 49.8 Å². The van der Waals surface area contributed by atoms with E-state index in [0.717, 1.165) is 36.4 Å². The maximum atomic E-state index is 13.6. The maximum absolute atomic E-state index is 13.6. The summed E-state index contributed by atoms with van der Waals surface area (Å²) < 4.78 is 15.7. The van der Waals surface area contributed by atoms with E-state index < -0.39 is 5.82 Å². The Kier molecular flexibility index (Phi) is 6.39. The molecule has 0 N–H and O–H groups in total. The molecule has 0 fully saturated rings. The second kappa shape index (κ2) is 8.95. The molecule has 6 heteroatoms. The van der Waals surface area contributed by atoms with E-state index in [1.807, 2.05) is 12.1 Å². The number of nitrogens with zero attached hydrogens (tertiary/aromatic N) is 4. The predicted molar refractivity (Wildman–Crippen MR) is 108 cm³/mol. The van der Waals surface area contributed by atoms with Gasteiger partial charge in [0.25, 0.3) is 5.91 Å². The summed E-state index contributed by atoms with van der Waals surface area (Å²) in [4.78, 5) is 24.1.